The Bertz CT molecular complexity index is 509. The largest absolute Gasteiger partial charge is 0.376 e. The molecule has 0 saturated heterocycles. The number of nitrogens with one attached hydrogen (secondary N) is 1. The van der Waals surface area contributed by atoms with Gasteiger partial charge in [0.1, 0.15) is 5.69 Å². The van der Waals surface area contributed by atoms with Crippen LogP contribution in [-0.4, -0.2) is 11.0 Å². The molecular formula is C12H11N3O2. The van der Waals surface area contributed by atoms with E-state index in [2.05, 4.69) is 5.32 Å². The molecular weight excluding hydrogens is 218 g/mol. The van der Waals surface area contributed by atoms with Crippen molar-refractivity contribution in [3.8, 4) is 6.07 Å². The fourth-order valence-corrected chi connectivity index (χ4v) is 1.84. The molecule has 5 heteroatoms. The van der Waals surface area contributed by atoms with Crippen LogP contribution in [0.15, 0.2) is 30.4 Å². The smallest absolute Gasteiger partial charge is 0.292 e. The highest BCUT2D eigenvalue weighted by atomic mass is 16.6. The summed E-state index contributed by atoms with van der Waals surface area (Å²) in [6.07, 6.45) is 5.79. The molecule has 0 amide bonds. The van der Waals surface area contributed by atoms with Gasteiger partial charge in [0.2, 0.25) is 0 Å². The second-order valence-electron chi connectivity index (χ2n) is 3.88. The second-order valence-corrected chi connectivity index (χ2v) is 3.88. The van der Waals surface area contributed by atoms with Crippen molar-refractivity contribution in [2.24, 2.45) is 0 Å². The second kappa shape index (κ2) is 4.66. The average molecular weight is 229 g/mol. The van der Waals surface area contributed by atoms with Crippen molar-refractivity contribution in [3.63, 3.8) is 0 Å². The van der Waals surface area contributed by atoms with Crippen LogP contribution in [0.2, 0.25) is 0 Å². The first-order valence-corrected chi connectivity index (χ1v) is 5.31. The van der Waals surface area contributed by atoms with E-state index in [4.69, 9.17) is 5.26 Å². The molecule has 0 atom stereocenters. The summed E-state index contributed by atoms with van der Waals surface area (Å²) < 4.78 is 0. The van der Waals surface area contributed by atoms with Crippen molar-refractivity contribution in [2.75, 3.05) is 5.32 Å². The van der Waals surface area contributed by atoms with Gasteiger partial charge < -0.3 is 5.32 Å². The summed E-state index contributed by atoms with van der Waals surface area (Å²) in [5.74, 6) is 0. The molecule has 1 aliphatic rings. The van der Waals surface area contributed by atoms with Crippen LogP contribution in [0.3, 0.4) is 0 Å². The predicted molar refractivity (Wildman–Crippen MR) is 63.6 cm³/mol. The van der Waals surface area contributed by atoms with Gasteiger partial charge in [-0.3, -0.25) is 10.1 Å². The number of anilines is 1. The van der Waals surface area contributed by atoms with Gasteiger partial charge in [0, 0.05) is 12.1 Å². The van der Waals surface area contributed by atoms with E-state index >= 15 is 0 Å². The third-order valence-corrected chi connectivity index (χ3v) is 2.69. The maximum atomic E-state index is 10.9. The lowest BCUT2D eigenvalue weighted by atomic mass is 10.1. The first-order valence-electron chi connectivity index (χ1n) is 5.31. The highest BCUT2D eigenvalue weighted by Gasteiger charge is 2.18. The highest BCUT2D eigenvalue weighted by molar-refractivity contribution is 5.64. The quantitative estimate of drug-likeness (QED) is 0.490. The molecule has 0 bridgehead atoms. The summed E-state index contributed by atoms with van der Waals surface area (Å²) >= 11 is 0. The van der Waals surface area contributed by atoms with Crippen LogP contribution in [0.1, 0.15) is 18.4 Å². The number of nitro groups is 1. The Hall–Kier alpha value is -2.35. The maximum absolute atomic E-state index is 10.9. The molecule has 1 aromatic rings. The summed E-state index contributed by atoms with van der Waals surface area (Å²) in [5.41, 5.74) is 0.850. The first kappa shape index (κ1) is 11.1. The minimum atomic E-state index is -0.439. The van der Waals surface area contributed by atoms with Gasteiger partial charge in [0.05, 0.1) is 16.6 Å². The van der Waals surface area contributed by atoms with Crippen LogP contribution in [0.5, 0.6) is 0 Å². The van der Waals surface area contributed by atoms with Gasteiger partial charge in [-0.2, -0.15) is 5.26 Å². The van der Waals surface area contributed by atoms with Crippen LogP contribution in [-0.2, 0) is 0 Å². The van der Waals surface area contributed by atoms with Gasteiger partial charge in [-0.05, 0) is 25.0 Å². The SMILES string of the molecule is N#Cc1ccc([N+](=O)[O-])c(NC2CC=CC2)c1. The van der Waals surface area contributed by atoms with E-state index in [0.717, 1.165) is 12.8 Å². The lowest BCUT2D eigenvalue weighted by Crippen LogP contribution is -2.16. The first-order chi connectivity index (χ1) is 8.20. The van der Waals surface area contributed by atoms with Crippen LogP contribution < -0.4 is 5.32 Å². The summed E-state index contributed by atoms with van der Waals surface area (Å²) in [6.45, 7) is 0. The van der Waals surface area contributed by atoms with Crippen molar-refractivity contribution >= 4 is 11.4 Å². The molecule has 1 aliphatic carbocycles. The third kappa shape index (κ3) is 2.42. The van der Waals surface area contributed by atoms with Crippen molar-refractivity contribution in [1.29, 1.82) is 5.26 Å². The number of nitrogens with zero attached hydrogens (tertiary/aromatic N) is 2. The highest BCUT2D eigenvalue weighted by Crippen LogP contribution is 2.27. The number of hydrogen-bond donors (Lipinski definition) is 1. The summed E-state index contributed by atoms with van der Waals surface area (Å²) in [5, 5.41) is 22.8. The Morgan fingerprint density at radius 3 is 2.71 bits per heavy atom. The Balaban J connectivity index is 2.28. The Morgan fingerprint density at radius 2 is 2.12 bits per heavy atom. The molecule has 0 saturated carbocycles. The number of nitro benzene ring substituents is 1. The predicted octanol–water partition coefficient (Wildman–Crippen LogP) is 2.60. The lowest BCUT2D eigenvalue weighted by molar-refractivity contribution is -0.384. The van der Waals surface area contributed by atoms with Crippen LogP contribution in [0, 0.1) is 21.4 Å². The number of hydrogen-bond acceptors (Lipinski definition) is 4. The molecule has 1 N–H and O–H groups in total. The molecule has 0 fully saturated rings. The van der Waals surface area contributed by atoms with Crippen LogP contribution >= 0.6 is 0 Å². The average Bonchev–Trinajstić information content (AvgIpc) is 2.81. The fourth-order valence-electron chi connectivity index (χ4n) is 1.84. The normalized spacial score (nSPS) is 14.5. The van der Waals surface area contributed by atoms with E-state index in [0.29, 0.717) is 11.3 Å². The molecule has 0 radical (unpaired) electrons. The minimum Gasteiger partial charge on any atom is -0.376 e. The molecule has 86 valence electrons. The number of benzene rings is 1. The molecule has 1 aromatic carbocycles. The van der Waals surface area contributed by atoms with Gasteiger partial charge in [-0.25, -0.2) is 0 Å². The molecule has 0 spiro atoms. The molecule has 5 nitrogen and oxygen atoms in total. The zero-order valence-corrected chi connectivity index (χ0v) is 9.09. The van der Waals surface area contributed by atoms with E-state index in [-0.39, 0.29) is 11.7 Å². The van der Waals surface area contributed by atoms with Crippen LogP contribution in [0.4, 0.5) is 11.4 Å². The van der Waals surface area contributed by atoms with Crippen LogP contribution in [0.25, 0.3) is 0 Å². The van der Waals surface area contributed by atoms with Crippen molar-refractivity contribution in [3.05, 3.63) is 46.0 Å². The van der Waals surface area contributed by atoms with Gasteiger partial charge >= 0.3 is 0 Å². The summed E-state index contributed by atoms with van der Waals surface area (Å²) in [4.78, 5) is 10.4. The molecule has 0 aliphatic heterocycles. The van der Waals surface area contributed by atoms with Gasteiger partial charge in [-0.15, -0.1) is 0 Å². The fraction of sp³-hybridized carbons (Fsp3) is 0.250. The van der Waals surface area contributed by atoms with E-state index in [9.17, 15) is 10.1 Å². The van der Waals surface area contributed by atoms with Gasteiger partial charge in [0.25, 0.3) is 5.69 Å². The molecule has 2 rings (SSSR count). The van der Waals surface area contributed by atoms with E-state index in [1.165, 1.54) is 18.2 Å². The Kier molecular flexibility index (Phi) is 3.06. The topological polar surface area (TPSA) is 79.0 Å². The lowest BCUT2D eigenvalue weighted by Gasteiger charge is -2.13. The number of nitriles is 1. The van der Waals surface area contributed by atoms with Crippen molar-refractivity contribution < 1.29 is 4.92 Å². The van der Waals surface area contributed by atoms with E-state index in [1.807, 2.05) is 18.2 Å². The Labute approximate surface area is 98.5 Å². The zero-order chi connectivity index (χ0) is 12.3. The van der Waals surface area contributed by atoms with Gasteiger partial charge in [0.15, 0.2) is 0 Å². The number of rotatable bonds is 3. The standard InChI is InChI=1S/C12H11N3O2/c13-8-9-5-6-12(15(16)17)11(7-9)14-10-3-1-2-4-10/h1-2,5-7,10,14H,3-4H2. The van der Waals surface area contributed by atoms with E-state index < -0.39 is 4.92 Å². The molecule has 17 heavy (non-hydrogen) atoms. The van der Waals surface area contributed by atoms with Gasteiger partial charge in [-0.1, -0.05) is 12.2 Å². The summed E-state index contributed by atoms with van der Waals surface area (Å²) in [7, 11) is 0. The maximum Gasteiger partial charge on any atom is 0.292 e. The molecule has 0 aromatic heterocycles. The van der Waals surface area contributed by atoms with Crippen molar-refractivity contribution in [1.82, 2.24) is 0 Å². The monoisotopic (exact) mass is 229 g/mol. The van der Waals surface area contributed by atoms with E-state index in [1.54, 1.807) is 0 Å². The van der Waals surface area contributed by atoms with Crippen molar-refractivity contribution in [2.45, 2.75) is 18.9 Å². The summed E-state index contributed by atoms with van der Waals surface area (Å²) in [6, 6.07) is 6.51. The molecule has 0 heterocycles. The minimum absolute atomic E-state index is 0.0101. The Morgan fingerprint density at radius 1 is 1.41 bits per heavy atom. The zero-order valence-electron chi connectivity index (χ0n) is 9.09. The third-order valence-electron chi connectivity index (χ3n) is 2.69. The molecule has 0 unspecified atom stereocenters.